The fourth-order valence-electron chi connectivity index (χ4n) is 3.39. The second-order valence-corrected chi connectivity index (χ2v) is 6.53. The Balaban J connectivity index is 0.00000200. The zero-order chi connectivity index (χ0) is 14.6. The van der Waals surface area contributed by atoms with Crippen molar-refractivity contribution in [2.45, 2.75) is 51.2 Å². The number of aliphatic hydroxyl groups excluding tert-OH is 1. The number of benzene rings is 1. The van der Waals surface area contributed by atoms with Gasteiger partial charge in [0, 0.05) is 94.2 Å². The third-order valence-electron chi connectivity index (χ3n) is 3.98. The number of hydrogen-bond acceptors (Lipinski definition) is 4. The van der Waals surface area contributed by atoms with Gasteiger partial charge in [-0.2, -0.15) is 0 Å². The molecule has 0 amide bonds. The topological polar surface area (TPSA) is 83.6 Å². The second-order valence-electron chi connectivity index (χ2n) is 6.53. The SMILES string of the molecule is CC1(C)CC(C)(C)c2cc([N+](=O)[O-])c(C(O)O)cc21.[Ac].[Ac]. The van der Waals surface area contributed by atoms with E-state index in [0.29, 0.717) is 0 Å². The van der Waals surface area contributed by atoms with Gasteiger partial charge in [-0.05, 0) is 34.4 Å². The Bertz CT molecular complexity index is 556. The first-order valence-electron chi connectivity index (χ1n) is 6.26. The Labute approximate surface area is 196 Å². The van der Waals surface area contributed by atoms with Crippen molar-refractivity contribution in [3.05, 3.63) is 38.9 Å². The molecule has 2 N–H and O–H groups in total. The van der Waals surface area contributed by atoms with Gasteiger partial charge in [0.05, 0.1) is 10.5 Å². The summed E-state index contributed by atoms with van der Waals surface area (Å²) >= 11 is 0. The summed E-state index contributed by atoms with van der Waals surface area (Å²) in [6.07, 6.45) is -0.956. The van der Waals surface area contributed by atoms with Crippen LogP contribution in [0.1, 0.15) is 57.1 Å². The molecule has 0 atom stereocenters. The first-order chi connectivity index (χ1) is 8.56. The van der Waals surface area contributed by atoms with Gasteiger partial charge in [0.1, 0.15) is 0 Å². The monoisotopic (exact) mass is 719 g/mol. The zero-order valence-corrected chi connectivity index (χ0v) is 22.2. The maximum Gasteiger partial charge on any atom is 0.277 e. The minimum atomic E-state index is -1.83. The minimum Gasteiger partial charge on any atom is -0.364 e. The molecule has 21 heavy (non-hydrogen) atoms. The van der Waals surface area contributed by atoms with Crippen LogP contribution in [0.4, 0.5) is 5.69 Å². The van der Waals surface area contributed by atoms with Gasteiger partial charge in [-0.3, -0.25) is 10.1 Å². The van der Waals surface area contributed by atoms with E-state index in [2.05, 4.69) is 27.7 Å². The third kappa shape index (κ3) is 4.29. The van der Waals surface area contributed by atoms with Gasteiger partial charge in [-0.15, -0.1) is 0 Å². The summed E-state index contributed by atoms with van der Waals surface area (Å²) in [6, 6.07) is 3.08. The molecule has 0 heterocycles. The summed E-state index contributed by atoms with van der Waals surface area (Å²) in [7, 11) is 0. The Hall–Kier alpha value is 1.42. The standard InChI is InChI=1S/C14H19NO4.2Ac/c1-13(2)7-14(3,4)10-6-11(15(18)19)8(12(16)17)5-9(10)13;;/h5-6,12,16-17H,7H2,1-4H3;;. The molecule has 2 rings (SSSR count). The maximum absolute atomic E-state index is 11.1. The summed E-state index contributed by atoms with van der Waals surface area (Å²) in [5.41, 5.74) is 1.36. The molecule has 5 nitrogen and oxygen atoms in total. The van der Waals surface area contributed by atoms with Gasteiger partial charge >= 0.3 is 0 Å². The largest absolute Gasteiger partial charge is 0.364 e. The van der Waals surface area contributed by atoms with Crippen LogP contribution in [0.2, 0.25) is 0 Å². The van der Waals surface area contributed by atoms with E-state index < -0.39 is 11.2 Å². The molecule has 0 spiro atoms. The van der Waals surface area contributed by atoms with Crippen LogP contribution < -0.4 is 0 Å². The van der Waals surface area contributed by atoms with E-state index in [9.17, 15) is 20.3 Å². The molecule has 2 radical (unpaired) electrons. The first kappa shape index (κ1) is 22.4. The maximum atomic E-state index is 11.1. The number of nitro benzene ring substituents is 1. The molecule has 7 heteroatoms. The third-order valence-corrected chi connectivity index (χ3v) is 3.98. The molecule has 0 fully saturated rings. The van der Waals surface area contributed by atoms with Gasteiger partial charge in [0.2, 0.25) is 0 Å². The van der Waals surface area contributed by atoms with Crippen molar-refractivity contribution in [1.82, 2.24) is 0 Å². The van der Waals surface area contributed by atoms with Gasteiger partial charge in [-0.25, -0.2) is 0 Å². The Morgan fingerprint density at radius 3 is 1.90 bits per heavy atom. The molecule has 0 saturated heterocycles. The predicted octanol–water partition coefficient (Wildman–Crippen LogP) is 2.54. The van der Waals surface area contributed by atoms with Crippen LogP contribution >= 0.6 is 0 Å². The zero-order valence-electron chi connectivity index (χ0n) is 12.8. The molecule has 0 unspecified atom stereocenters. The van der Waals surface area contributed by atoms with Crippen molar-refractivity contribution >= 4 is 5.69 Å². The van der Waals surface area contributed by atoms with Crippen molar-refractivity contribution in [2.24, 2.45) is 0 Å². The van der Waals surface area contributed by atoms with E-state index in [0.717, 1.165) is 17.5 Å². The molecular weight excluding hydrogens is 700 g/mol. The molecule has 1 aliphatic carbocycles. The molecule has 110 valence electrons. The van der Waals surface area contributed by atoms with Crippen molar-refractivity contribution in [1.29, 1.82) is 0 Å². The Morgan fingerprint density at radius 1 is 1.10 bits per heavy atom. The number of aliphatic hydroxyl groups is 2. The molecule has 1 aliphatic rings. The van der Waals surface area contributed by atoms with E-state index in [-0.39, 0.29) is 110 Å². The quantitative estimate of drug-likeness (QED) is 0.280. The average Bonchev–Trinajstić information content (AvgIpc) is 2.42. The van der Waals surface area contributed by atoms with E-state index >= 15 is 0 Å². The fourth-order valence-corrected chi connectivity index (χ4v) is 3.39. The number of fused-ring (bicyclic) bond motifs is 1. The van der Waals surface area contributed by atoms with Crippen LogP contribution in [-0.4, -0.2) is 15.1 Å². The summed E-state index contributed by atoms with van der Waals surface area (Å²) in [5, 5.41) is 29.8. The van der Waals surface area contributed by atoms with Crippen LogP contribution in [-0.2, 0) is 10.8 Å². The van der Waals surface area contributed by atoms with Crippen molar-refractivity contribution < 1.29 is 103 Å². The van der Waals surface area contributed by atoms with Crippen molar-refractivity contribution in [3.63, 3.8) is 0 Å². The number of nitro groups is 1. The molecule has 1 aromatic carbocycles. The van der Waals surface area contributed by atoms with E-state index in [1.165, 1.54) is 6.07 Å². The van der Waals surface area contributed by atoms with E-state index in [1.54, 1.807) is 6.07 Å². The molecular formula is C14H19Ac2NO4. The van der Waals surface area contributed by atoms with Crippen LogP contribution in [0.3, 0.4) is 0 Å². The predicted molar refractivity (Wildman–Crippen MR) is 70.9 cm³/mol. The molecule has 1 aromatic rings. The summed E-state index contributed by atoms with van der Waals surface area (Å²) in [4.78, 5) is 10.5. The van der Waals surface area contributed by atoms with Gasteiger partial charge in [0.25, 0.3) is 5.69 Å². The number of rotatable bonds is 2. The Kier molecular flexibility index (Phi) is 8.05. The molecule has 0 aliphatic heterocycles. The molecule has 0 aromatic heterocycles. The van der Waals surface area contributed by atoms with Crippen LogP contribution in [0, 0.1) is 98.2 Å². The van der Waals surface area contributed by atoms with E-state index in [1.807, 2.05) is 0 Å². The van der Waals surface area contributed by atoms with Gasteiger partial charge < -0.3 is 10.2 Å². The second kappa shape index (κ2) is 7.54. The molecule has 0 saturated carbocycles. The van der Waals surface area contributed by atoms with Crippen molar-refractivity contribution in [2.75, 3.05) is 0 Å². The number of nitrogens with zero attached hydrogens (tertiary/aromatic N) is 1. The molecule has 0 bridgehead atoms. The average molecular weight is 719 g/mol. The van der Waals surface area contributed by atoms with Gasteiger partial charge in [-0.1, -0.05) is 27.7 Å². The van der Waals surface area contributed by atoms with E-state index in [4.69, 9.17) is 0 Å². The normalized spacial score (nSPS) is 17.7. The van der Waals surface area contributed by atoms with Crippen LogP contribution in [0.25, 0.3) is 0 Å². The Morgan fingerprint density at radius 2 is 1.52 bits per heavy atom. The van der Waals surface area contributed by atoms with Crippen LogP contribution in [0.15, 0.2) is 12.1 Å². The van der Waals surface area contributed by atoms with Crippen molar-refractivity contribution in [3.8, 4) is 0 Å². The fraction of sp³-hybridized carbons (Fsp3) is 0.571. The first-order valence-corrected chi connectivity index (χ1v) is 6.26. The summed E-state index contributed by atoms with van der Waals surface area (Å²) in [5.74, 6) is 0. The van der Waals surface area contributed by atoms with Crippen LogP contribution in [0.5, 0.6) is 0 Å². The summed E-state index contributed by atoms with van der Waals surface area (Å²) in [6.45, 7) is 8.25. The number of hydrogen-bond donors (Lipinski definition) is 2. The smallest absolute Gasteiger partial charge is 0.277 e. The minimum absolute atomic E-state index is 0. The van der Waals surface area contributed by atoms with Gasteiger partial charge in [0.15, 0.2) is 6.29 Å². The summed E-state index contributed by atoms with van der Waals surface area (Å²) < 4.78 is 0.